The van der Waals surface area contributed by atoms with Crippen LogP contribution in [0.2, 0.25) is 0 Å². The van der Waals surface area contributed by atoms with Gasteiger partial charge < -0.3 is 19.3 Å². The number of rotatable bonds is 1. The van der Waals surface area contributed by atoms with Crippen molar-refractivity contribution in [1.29, 1.82) is 0 Å². The minimum Gasteiger partial charge on any atom is -0.389 e. The van der Waals surface area contributed by atoms with Gasteiger partial charge in [0.25, 0.3) is 0 Å². The summed E-state index contributed by atoms with van der Waals surface area (Å²) in [5.41, 5.74) is 0.273. The average molecular weight is 346 g/mol. The Kier molecular flexibility index (Phi) is 3.57. The molecule has 5 aliphatic rings. The van der Waals surface area contributed by atoms with E-state index in [0.29, 0.717) is 23.9 Å². The van der Waals surface area contributed by atoms with Crippen LogP contribution in [0.25, 0.3) is 0 Å². The Morgan fingerprint density at radius 3 is 2.76 bits per heavy atom. The third kappa shape index (κ3) is 2.14. The fourth-order valence-electron chi connectivity index (χ4n) is 6.33. The van der Waals surface area contributed by atoms with Crippen molar-refractivity contribution in [2.24, 2.45) is 23.2 Å². The first-order valence-corrected chi connectivity index (χ1v) is 9.92. The van der Waals surface area contributed by atoms with Crippen LogP contribution < -0.4 is 0 Å². The van der Waals surface area contributed by atoms with Crippen molar-refractivity contribution in [2.45, 2.75) is 76.2 Å². The Balaban J connectivity index is 1.61. The van der Waals surface area contributed by atoms with Gasteiger partial charge in [-0.3, -0.25) is 0 Å². The van der Waals surface area contributed by atoms with E-state index in [1.54, 1.807) is 6.08 Å². The average Bonchev–Trinajstić information content (AvgIpc) is 2.95. The summed E-state index contributed by atoms with van der Waals surface area (Å²) in [5, 5.41) is 11.7. The Bertz CT molecular complexity index is 611. The van der Waals surface area contributed by atoms with Crippen LogP contribution in [0.5, 0.6) is 0 Å². The number of aliphatic hydroxyl groups is 1. The highest BCUT2D eigenvalue weighted by Gasteiger charge is 2.61. The van der Waals surface area contributed by atoms with Crippen LogP contribution in [-0.4, -0.2) is 41.9 Å². The van der Waals surface area contributed by atoms with E-state index >= 15 is 0 Å². The molecule has 0 aromatic heterocycles. The molecular formula is C21H30O4. The summed E-state index contributed by atoms with van der Waals surface area (Å²) in [5.74, 6) is 1.46. The van der Waals surface area contributed by atoms with E-state index in [1.807, 2.05) is 0 Å². The SMILES string of the molecule is C=CC1OC2C3=CCCC(O)(CC4C5COC5CCC4C2O1)C3(C)C. The van der Waals surface area contributed by atoms with E-state index in [0.717, 1.165) is 38.7 Å². The first kappa shape index (κ1) is 16.5. The summed E-state index contributed by atoms with van der Waals surface area (Å²) in [6.07, 6.45) is 8.96. The standard InChI is InChI=1S/C21H30O4/c1-4-17-24-18-12-7-8-16-14(11-23-16)13(12)10-21(22)9-5-6-15(19(18)25-17)20(21,2)3/h4,6,12-14,16-19,22H,1,5,7-11H2,2-3H3. The smallest absolute Gasteiger partial charge is 0.177 e. The predicted molar refractivity (Wildman–Crippen MR) is 93.8 cm³/mol. The lowest BCUT2D eigenvalue weighted by Crippen LogP contribution is -2.61. The van der Waals surface area contributed by atoms with Crippen molar-refractivity contribution in [3.05, 3.63) is 24.3 Å². The molecule has 3 aliphatic carbocycles. The van der Waals surface area contributed by atoms with Gasteiger partial charge in [-0.25, -0.2) is 0 Å². The fraction of sp³-hybridized carbons (Fsp3) is 0.810. The summed E-state index contributed by atoms with van der Waals surface area (Å²) < 4.78 is 18.5. The van der Waals surface area contributed by atoms with Crippen molar-refractivity contribution in [3.63, 3.8) is 0 Å². The molecule has 2 aliphatic heterocycles. The molecule has 8 unspecified atom stereocenters. The number of ether oxygens (including phenoxy) is 3. The van der Waals surface area contributed by atoms with E-state index in [2.05, 4.69) is 26.5 Å². The van der Waals surface area contributed by atoms with Crippen molar-refractivity contribution in [2.75, 3.05) is 6.61 Å². The van der Waals surface area contributed by atoms with Crippen LogP contribution in [0.3, 0.4) is 0 Å². The fourth-order valence-corrected chi connectivity index (χ4v) is 6.33. The monoisotopic (exact) mass is 346 g/mol. The van der Waals surface area contributed by atoms with Crippen molar-refractivity contribution in [3.8, 4) is 0 Å². The van der Waals surface area contributed by atoms with Crippen LogP contribution in [0.15, 0.2) is 24.3 Å². The molecule has 0 spiro atoms. The third-order valence-electron chi connectivity index (χ3n) is 8.04. The molecule has 8 atom stereocenters. The molecule has 2 saturated heterocycles. The second-order valence-electron chi connectivity index (χ2n) is 9.26. The summed E-state index contributed by atoms with van der Waals surface area (Å²) >= 11 is 0. The van der Waals surface area contributed by atoms with Crippen molar-refractivity contribution < 1.29 is 19.3 Å². The molecule has 0 aromatic carbocycles. The molecule has 5 rings (SSSR count). The first-order chi connectivity index (χ1) is 11.9. The topological polar surface area (TPSA) is 47.9 Å². The molecule has 25 heavy (non-hydrogen) atoms. The largest absolute Gasteiger partial charge is 0.389 e. The second-order valence-corrected chi connectivity index (χ2v) is 9.26. The van der Waals surface area contributed by atoms with Gasteiger partial charge in [-0.15, -0.1) is 0 Å². The number of allylic oxidation sites excluding steroid dienone is 1. The van der Waals surface area contributed by atoms with E-state index in [4.69, 9.17) is 14.2 Å². The highest BCUT2D eigenvalue weighted by molar-refractivity contribution is 5.30. The highest BCUT2D eigenvalue weighted by Crippen LogP contribution is 2.59. The van der Waals surface area contributed by atoms with Gasteiger partial charge in [-0.1, -0.05) is 26.5 Å². The van der Waals surface area contributed by atoms with Crippen molar-refractivity contribution >= 4 is 0 Å². The summed E-state index contributed by atoms with van der Waals surface area (Å²) in [7, 11) is 0. The third-order valence-corrected chi connectivity index (χ3v) is 8.04. The number of hydrogen-bond acceptors (Lipinski definition) is 4. The first-order valence-electron chi connectivity index (χ1n) is 9.92. The second kappa shape index (κ2) is 5.41. The summed E-state index contributed by atoms with van der Waals surface area (Å²) in [6.45, 7) is 9.11. The Hall–Kier alpha value is -0.680. The molecule has 4 fully saturated rings. The van der Waals surface area contributed by atoms with Crippen LogP contribution in [0.1, 0.15) is 46.0 Å². The zero-order valence-corrected chi connectivity index (χ0v) is 15.3. The molecule has 0 radical (unpaired) electrons. The molecule has 4 nitrogen and oxygen atoms in total. The van der Waals surface area contributed by atoms with Crippen LogP contribution in [0.4, 0.5) is 0 Å². The van der Waals surface area contributed by atoms with Crippen LogP contribution in [0, 0.1) is 23.2 Å². The molecule has 2 bridgehead atoms. The van der Waals surface area contributed by atoms with Gasteiger partial charge in [0, 0.05) is 11.3 Å². The maximum Gasteiger partial charge on any atom is 0.177 e. The Labute approximate surface area is 150 Å². The zero-order valence-electron chi connectivity index (χ0n) is 15.3. The van der Waals surface area contributed by atoms with E-state index in [9.17, 15) is 5.11 Å². The molecule has 0 aromatic rings. The van der Waals surface area contributed by atoms with Gasteiger partial charge >= 0.3 is 0 Å². The normalized spacial score (nSPS) is 53.2. The van der Waals surface area contributed by atoms with Gasteiger partial charge in [0.1, 0.15) is 6.10 Å². The minimum absolute atomic E-state index is 0.0600. The molecule has 138 valence electrons. The molecule has 1 N–H and O–H groups in total. The van der Waals surface area contributed by atoms with E-state index in [-0.39, 0.29) is 23.9 Å². The van der Waals surface area contributed by atoms with E-state index < -0.39 is 5.60 Å². The quantitative estimate of drug-likeness (QED) is 0.741. The Morgan fingerprint density at radius 1 is 1.20 bits per heavy atom. The minimum atomic E-state index is -0.669. The van der Waals surface area contributed by atoms with Crippen molar-refractivity contribution in [1.82, 2.24) is 0 Å². The maximum absolute atomic E-state index is 11.7. The number of hydrogen-bond donors (Lipinski definition) is 1. The van der Waals surface area contributed by atoms with E-state index in [1.165, 1.54) is 5.57 Å². The molecule has 2 heterocycles. The Morgan fingerprint density at radius 2 is 2.04 bits per heavy atom. The molecule has 4 heteroatoms. The van der Waals surface area contributed by atoms with Gasteiger partial charge in [0.15, 0.2) is 6.29 Å². The van der Waals surface area contributed by atoms with Gasteiger partial charge in [-0.05, 0) is 55.6 Å². The maximum atomic E-state index is 11.7. The zero-order chi connectivity index (χ0) is 17.4. The summed E-state index contributed by atoms with van der Waals surface area (Å²) in [6, 6.07) is 0. The van der Waals surface area contributed by atoms with Crippen LogP contribution in [-0.2, 0) is 14.2 Å². The van der Waals surface area contributed by atoms with Gasteiger partial charge in [0.2, 0.25) is 0 Å². The van der Waals surface area contributed by atoms with Gasteiger partial charge in [0.05, 0.1) is 24.4 Å². The predicted octanol–water partition coefficient (Wildman–Crippen LogP) is 3.20. The molecular weight excluding hydrogens is 316 g/mol. The highest BCUT2D eigenvalue weighted by atomic mass is 16.7. The van der Waals surface area contributed by atoms with Crippen LogP contribution >= 0.6 is 0 Å². The summed E-state index contributed by atoms with van der Waals surface area (Å²) in [4.78, 5) is 0. The van der Waals surface area contributed by atoms with Gasteiger partial charge in [-0.2, -0.15) is 0 Å². The lowest BCUT2D eigenvalue weighted by molar-refractivity contribution is -0.208. The lowest BCUT2D eigenvalue weighted by Gasteiger charge is -2.58. The molecule has 2 saturated carbocycles. The lowest BCUT2D eigenvalue weighted by atomic mass is 9.52. The number of fused-ring (bicyclic) bond motifs is 8. The molecule has 0 amide bonds.